The quantitative estimate of drug-likeness (QED) is 0.330. The third kappa shape index (κ3) is 3.53. The maximum atomic E-state index is 14.5. The van der Waals surface area contributed by atoms with Crippen molar-refractivity contribution in [3.8, 4) is 17.2 Å². The van der Waals surface area contributed by atoms with E-state index in [0.29, 0.717) is 23.1 Å². The molecule has 4 bridgehead atoms. The average molecular weight is 577 g/mol. The predicted octanol–water partition coefficient (Wildman–Crippen LogP) is 4.48. The van der Waals surface area contributed by atoms with Gasteiger partial charge in [-0.3, -0.25) is 9.59 Å². The van der Waals surface area contributed by atoms with E-state index in [4.69, 9.17) is 14.2 Å². The second kappa shape index (κ2) is 8.67. The Bertz CT molecular complexity index is 1590. The normalized spacial score (nSPS) is 31.8. The van der Waals surface area contributed by atoms with Gasteiger partial charge < -0.3 is 29.5 Å². The van der Waals surface area contributed by atoms with Crippen LogP contribution in [-0.4, -0.2) is 61.4 Å². The molecule has 1 aromatic carbocycles. The molecule has 0 radical (unpaired) electrons. The first-order valence-corrected chi connectivity index (χ1v) is 14.2. The lowest BCUT2D eigenvalue weighted by Crippen LogP contribution is -2.72. The molecule has 3 N–H and O–H groups in total. The second-order valence-corrected chi connectivity index (χ2v) is 13.3. The molecule has 2 fully saturated rings. The van der Waals surface area contributed by atoms with E-state index in [-0.39, 0.29) is 52.6 Å². The largest absolute Gasteiger partial charge is 0.506 e. The molecule has 222 valence electrons. The van der Waals surface area contributed by atoms with Crippen LogP contribution >= 0.6 is 0 Å². The summed E-state index contributed by atoms with van der Waals surface area (Å²) in [6.07, 6.45) is 5.78. The van der Waals surface area contributed by atoms with Crippen molar-refractivity contribution in [1.82, 2.24) is 0 Å². The summed E-state index contributed by atoms with van der Waals surface area (Å²) in [6.45, 7) is 14.4. The van der Waals surface area contributed by atoms with E-state index in [1.807, 2.05) is 27.7 Å². The minimum absolute atomic E-state index is 0.0247. The first-order valence-electron chi connectivity index (χ1n) is 14.2. The zero-order valence-corrected chi connectivity index (χ0v) is 24.7. The van der Waals surface area contributed by atoms with Crippen LogP contribution in [-0.2, 0) is 20.7 Å². The van der Waals surface area contributed by atoms with Crippen molar-refractivity contribution < 1.29 is 43.9 Å². The molecule has 3 aliphatic carbocycles. The van der Waals surface area contributed by atoms with Gasteiger partial charge in [0.25, 0.3) is 0 Å². The minimum Gasteiger partial charge on any atom is -0.506 e. The lowest BCUT2D eigenvalue weighted by atomic mass is 9.51. The summed E-state index contributed by atoms with van der Waals surface area (Å²) in [5, 5.41) is 32.1. The Morgan fingerprint density at radius 2 is 1.86 bits per heavy atom. The van der Waals surface area contributed by atoms with Gasteiger partial charge in [0, 0.05) is 41.4 Å². The van der Waals surface area contributed by atoms with Crippen LogP contribution in [0, 0.1) is 11.8 Å². The van der Waals surface area contributed by atoms with E-state index in [1.165, 1.54) is 13.0 Å². The molecule has 42 heavy (non-hydrogen) atoms. The molecular weight excluding hydrogens is 540 g/mol. The number of hydrogen-bond donors (Lipinski definition) is 3. The third-order valence-corrected chi connectivity index (χ3v) is 9.62. The fraction of sp³-hybridized carbons (Fsp3) is 0.485. The molecule has 5 atom stereocenters. The highest BCUT2D eigenvalue weighted by molar-refractivity contribution is 6.19. The summed E-state index contributed by atoms with van der Waals surface area (Å²) in [5.41, 5.74) is -3.59. The van der Waals surface area contributed by atoms with Gasteiger partial charge in [0.1, 0.15) is 28.4 Å². The number of benzene rings is 1. The Kier molecular flexibility index (Phi) is 5.87. The molecule has 6 aliphatic rings. The molecule has 3 aliphatic heterocycles. The van der Waals surface area contributed by atoms with E-state index in [0.717, 1.165) is 0 Å². The van der Waals surface area contributed by atoms with Gasteiger partial charge in [-0.15, -0.1) is 0 Å². The number of aromatic hydroxyl groups is 1. The maximum Gasteiger partial charge on any atom is 0.330 e. The van der Waals surface area contributed by atoms with Gasteiger partial charge in [0.2, 0.25) is 0 Å². The Balaban J connectivity index is 1.65. The summed E-state index contributed by atoms with van der Waals surface area (Å²) < 4.78 is 19.9. The number of aliphatic hydroxyl groups excluding tert-OH is 1. The van der Waals surface area contributed by atoms with Gasteiger partial charge in [0.15, 0.2) is 22.8 Å². The van der Waals surface area contributed by atoms with E-state index in [1.54, 1.807) is 25.2 Å². The van der Waals surface area contributed by atoms with Crippen LogP contribution in [0.4, 0.5) is 0 Å². The third-order valence-electron chi connectivity index (χ3n) is 9.62. The Morgan fingerprint density at radius 1 is 1.17 bits per heavy atom. The molecule has 3 heterocycles. The molecule has 1 unspecified atom stereocenters. The number of ketones is 2. The number of aliphatic carboxylic acids is 1. The maximum absolute atomic E-state index is 14.5. The highest BCUT2D eigenvalue weighted by atomic mass is 16.6. The number of carbonyl (C=O) groups is 3. The molecule has 0 aromatic heterocycles. The first kappa shape index (κ1) is 28.4. The number of Topliss-reactive ketones (excluding diaryl/α,β-unsaturated/α-hetero) is 2. The number of phenolic OH excluding ortho intramolecular Hbond substituents is 1. The zero-order valence-electron chi connectivity index (χ0n) is 24.7. The number of hydrogen-bond acceptors (Lipinski definition) is 8. The van der Waals surface area contributed by atoms with E-state index < -0.39 is 52.1 Å². The van der Waals surface area contributed by atoms with Crippen molar-refractivity contribution in [3.63, 3.8) is 0 Å². The van der Waals surface area contributed by atoms with Crippen LogP contribution in [0.5, 0.6) is 17.2 Å². The Morgan fingerprint density at radius 3 is 2.50 bits per heavy atom. The smallest absolute Gasteiger partial charge is 0.330 e. The van der Waals surface area contributed by atoms with Crippen LogP contribution in [0.15, 0.2) is 41.5 Å². The molecule has 7 rings (SSSR count). The second-order valence-electron chi connectivity index (χ2n) is 13.3. The van der Waals surface area contributed by atoms with Gasteiger partial charge in [-0.25, -0.2) is 4.79 Å². The number of allylic oxidation sites excluding steroid dienone is 1. The van der Waals surface area contributed by atoms with Crippen LogP contribution in [0.2, 0.25) is 0 Å². The van der Waals surface area contributed by atoms with Gasteiger partial charge in [-0.2, -0.15) is 0 Å². The van der Waals surface area contributed by atoms with Gasteiger partial charge >= 0.3 is 5.97 Å². The van der Waals surface area contributed by atoms with Crippen molar-refractivity contribution in [2.24, 2.45) is 11.8 Å². The molecule has 1 aromatic rings. The average Bonchev–Trinajstić information content (AvgIpc) is 3.05. The lowest BCUT2D eigenvalue weighted by molar-refractivity contribution is -0.171. The summed E-state index contributed by atoms with van der Waals surface area (Å²) in [5.74, 6) is -2.98. The van der Waals surface area contributed by atoms with Crippen LogP contribution < -0.4 is 9.47 Å². The molecule has 9 heteroatoms. The molecule has 0 amide bonds. The van der Waals surface area contributed by atoms with Crippen LogP contribution in [0.25, 0.3) is 6.08 Å². The number of rotatable bonds is 6. The van der Waals surface area contributed by atoms with Crippen LogP contribution in [0.1, 0.15) is 75.9 Å². The molecule has 1 spiro atoms. The topological polar surface area (TPSA) is 140 Å². The zero-order chi connectivity index (χ0) is 30.7. The Labute approximate surface area is 244 Å². The number of phenols is 1. The minimum atomic E-state index is -1.69. The fourth-order valence-electron chi connectivity index (χ4n) is 7.51. The summed E-state index contributed by atoms with van der Waals surface area (Å²) in [4.78, 5) is 40.4. The molecule has 1 saturated heterocycles. The fourth-order valence-corrected chi connectivity index (χ4v) is 7.51. The van der Waals surface area contributed by atoms with Crippen molar-refractivity contribution >= 4 is 23.6 Å². The summed E-state index contributed by atoms with van der Waals surface area (Å²) in [7, 11) is 0. The van der Waals surface area contributed by atoms with Gasteiger partial charge in [-0.05, 0) is 60.1 Å². The van der Waals surface area contributed by atoms with Crippen molar-refractivity contribution in [2.75, 3.05) is 0 Å². The number of carbonyl (C=O) groups excluding carboxylic acids is 2. The summed E-state index contributed by atoms with van der Waals surface area (Å²) in [6, 6.07) is 0. The van der Waals surface area contributed by atoms with Crippen LogP contribution in [0.3, 0.4) is 0 Å². The van der Waals surface area contributed by atoms with Crippen molar-refractivity contribution in [1.29, 1.82) is 0 Å². The van der Waals surface area contributed by atoms with Crippen molar-refractivity contribution in [2.45, 2.75) is 89.3 Å². The van der Waals surface area contributed by atoms with Crippen molar-refractivity contribution in [3.05, 3.63) is 58.2 Å². The monoisotopic (exact) mass is 576 g/mol. The van der Waals surface area contributed by atoms with E-state index >= 15 is 0 Å². The SMILES string of the molecule is C=C(C)C(O)Cc1c2c(c(O)c3c1O[C@]14C(=C[C@H]5C[C@@H]1C(C)(C)O[C@@]4(C/C=C(\C)C(=O)O)C5=O)C3=O)C=CC(C)(C)O2. The standard InChI is InChI=1S/C33H36O9/c1-15(2)21(34)14-19-26-18(9-10-30(4,5)40-26)24(35)23-25(36)20-12-17-13-22-31(6,7)42-32(28(17)37,11-8-16(3)29(38)39)33(20,22)41-27(19)23/h8-10,12,17,21-22,34-35H,1,11,13-14H2,2-7H3,(H,38,39)/b16-8+/t17-,21?,22+,32-,33+/m0/s1. The molecular formula is C33H36O9. The number of carboxylic acid groups (broad SMARTS) is 1. The number of ether oxygens (including phenoxy) is 3. The van der Waals surface area contributed by atoms with Gasteiger partial charge in [0.05, 0.1) is 17.3 Å². The highest BCUT2D eigenvalue weighted by Crippen LogP contribution is 2.68. The first-order chi connectivity index (χ1) is 19.5. The predicted molar refractivity (Wildman–Crippen MR) is 153 cm³/mol. The summed E-state index contributed by atoms with van der Waals surface area (Å²) >= 11 is 0. The van der Waals surface area contributed by atoms with E-state index in [9.17, 15) is 29.7 Å². The number of carboxylic acids is 1. The lowest BCUT2D eigenvalue weighted by Gasteiger charge is -2.56. The molecule has 9 nitrogen and oxygen atoms in total. The molecule has 1 saturated carbocycles. The van der Waals surface area contributed by atoms with E-state index in [2.05, 4.69) is 6.58 Å². The Hall–Kier alpha value is -3.69. The number of aliphatic hydroxyl groups is 1. The number of fused-ring (bicyclic) bond motifs is 2. The van der Waals surface area contributed by atoms with Gasteiger partial charge in [-0.1, -0.05) is 24.3 Å². The highest BCUT2D eigenvalue weighted by Gasteiger charge is 2.81.